The lowest BCUT2D eigenvalue weighted by Crippen LogP contribution is -2.29. The van der Waals surface area contributed by atoms with E-state index in [1.165, 1.54) is 11.1 Å². The first kappa shape index (κ1) is 11.8. The molecule has 3 heteroatoms. The molecule has 88 valence electrons. The van der Waals surface area contributed by atoms with Crippen LogP contribution < -0.4 is 11.3 Å². The zero-order valence-corrected chi connectivity index (χ0v) is 9.93. The van der Waals surface area contributed by atoms with Gasteiger partial charge in [0.1, 0.15) is 0 Å². The van der Waals surface area contributed by atoms with Gasteiger partial charge in [0.15, 0.2) is 0 Å². The van der Waals surface area contributed by atoms with Crippen molar-refractivity contribution in [2.24, 2.45) is 5.84 Å². The largest absolute Gasteiger partial charge is 0.271 e. The summed E-state index contributed by atoms with van der Waals surface area (Å²) in [6, 6.07) is 12.2. The fourth-order valence-corrected chi connectivity index (χ4v) is 2.03. The summed E-state index contributed by atoms with van der Waals surface area (Å²) in [5.74, 6) is 5.69. The standard InChI is InChI=1S/C14H17N3/c1-2-11-10-16-9-8-13(11)14(17-15)12-6-4-3-5-7-12/h3-10,14,17H,2,15H2,1H3. The highest BCUT2D eigenvalue weighted by molar-refractivity contribution is 5.35. The maximum atomic E-state index is 5.69. The molecule has 0 fully saturated rings. The number of nitrogens with one attached hydrogen (secondary N) is 1. The van der Waals surface area contributed by atoms with Crippen LogP contribution in [0.3, 0.4) is 0 Å². The highest BCUT2D eigenvalue weighted by Gasteiger charge is 2.14. The third kappa shape index (κ3) is 2.52. The molecule has 1 atom stereocenters. The molecule has 1 aromatic heterocycles. The van der Waals surface area contributed by atoms with Crippen LogP contribution in [0.5, 0.6) is 0 Å². The number of pyridine rings is 1. The quantitative estimate of drug-likeness (QED) is 0.622. The maximum Gasteiger partial charge on any atom is 0.0713 e. The molecule has 0 saturated heterocycles. The summed E-state index contributed by atoms with van der Waals surface area (Å²) in [4.78, 5) is 4.16. The van der Waals surface area contributed by atoms with Crippen molar-refractivity contribution in [1.29, 1.82) is 0 Å². The SMILES string of the molecule is CCc1cnccc1C(NN)c1ccccc1. The van der Waals surface area contributed by atoms with Gasteiger partial charge in [-0.2, -0.15) is 0 Å². The molecular formula is C14H17N3. The van der Waals surface area contributed by atoms with E-state index >= 15 is 0 Å². The smallest absolute Gasteiger partial charge is 0.0713 e. The molecule has 1 aromatic carbocycles. The van der Waals surface area contributed by atoms with Crippen LogP contribution >= 0.6 is 0 Å². The van der Waals surface area contributed by atoms with Gasteiger partial charge in [0, 0.05) is 12.4 Å². The summed E-state index contributed by atoms with van der Waals surface area (Å²) in [7, 11) is 0. The highest BCUT2D eigenvalue weighted by atomic mass is 15.2. The summed E-state index contributed by atoms with van der Waals surface area (Å²) in [6.07, 6.45) is 4.67. The molecule has 0 amide bonds. The highest BCUT2D eigenvalue weighted by Crippen LogP contribution is 2.23. The average molecular weight is 227 g/mol. The minimum absolute atomic E-state index is 0.0224. The van der Waals surface area contributed by atoms with Gasteiger partial charge in [0.25, 0.3) is 0 Å². The fraction of sp³-hybridized carbons (Fsp3) is 0.214. The number of hydrogen-bond donors (Lipinski definition) is 2. The molecule has 2 rings (SSSR count). The number of rotatable bonds is 4. The van der Waals surface area contributed by atoms with Crippen molar-refractivity contribution in [2.45, 2.75) is 19.4 Å². The van der Waals surface area contributed by atoms with Crippen molar-refractivity contribution >= 4 is 0 Å². The number of benzene rings is 1. The zero-order valence-electron chi connectivity index (χ0n) is 9.93. The van der Waals surface area contributed by atoms with Crippen molar-refractivity contribution in [3.8, 4) is 0 Å². The van der Waals surface area contributed by atoms with E-state index in [2.05, 4.69) is 29.5 Å². The lowest BCUT2D eigenvalue weighted by Gasteiger charge is -2.19. The van der Waals surface area contributed by atoms with E-state index in [-0.39, 0.29) is 6.04 Å². The number of hydrogen-bond acceptors (Lipinski definition) is 3. The molecule has 0 aliphatic heterocycles. The predicted molar refractivity (Wildman–Crippen MR) is 69.2 cm³/mol. The molecule has 0 saturated carbocycles. The average Bonchev–Trinajstić information content (AvgIpc) is 2.41. The van der Waals surface area contributed by atoms with Gasteiger partial charge in [-0.05, 0) is 29.2 Å². The normalized spacial score (nSPS) is 12.4. The van der Waals surface area contributed by atoms with Crippen LogP contribution in [0.15, 0.2) is 48.8 Å². The number of nitrogens with zero attached hydrogens (tertiary/aromatic N) is 1. The Labute approximate surface area is 102 Å². The number of aromatic nitrogens is 1. The number of aryl methyl sites for hydroxylation is 1. The molecule has 3 N–H and O–H groups in total. The van der Waals surface area contributed by atoms with Gasteiger partial charge in [-0.25, -0.2) is 5.43 Å². The summed E-state index contributed by atoms with van der Waals surface area (Å²) < 4.78 is 0. The van der Waals surface area contributed by atoms with Gasteiger partial charge in [0.05, 0.1) is 6.04 Å². The monoisotopic (exact) mass is 227 g/mol. The Morgan fingerprint density at radius 1 is 1.24 bits per heavy atom. The topological polar surface area (TPSA) is 50.9 Å². The van der Waals surface area contributed by atoms with Gasteiger partial charge in [0.2, 0.25) is 0 Å². The molecular weight excluding hydrogens is 210 g/mol. The summed E-state index contributed by atoms with van der Waals surface area (Å²) in [5.41, 5.74) is 6.46. The van der Waals surface area contributed by atoms with E-state index in [9.17, 15) is 0 Å². The van der Waals surface area contributed by atoms with E-state index in [0.29, 0.717) is 0 Å². The van der Waals surface area contributed by atoms with Crippen LogP contribution in [-0.4, -0.2) is 4.98 Å². The molecule has 0 aliphatic rings. The van der Waals surface area contributed by atoms with Crippen molar-refractivity contribution in [3.05, 3.63) is 65.5 Å². The lowest BCUT2D eigenvalue weighted by molar-refractivity contribution is 0.630. The van der Waals surface area contributed by atoms with Crippen LogP contribution in [0.2, 0.25) is 0 Å². The second kappa shape index (κ2) is 5.57. The molecule has 1 heterocycles. The van der Waals surface area contributed by atoms with Crippen molar-refractivity contribution in [1.82, 2.24) is 10.4 Å². The minimum atomic E-state index is 0.0224. The first-order valence-electron chi connectivity index (χ1n) is 5.80. The van der Waals surface area contributed by atoms with E-state index in [1.54, 1.807) is 0 Å². The van der Waals surface area contributed by atoms with Crippen molar-refractivity contribution in [3.63, 3.8) is 0 Å². The molecule has 0 radical (unpaired) electrons. The van der Waals surface area contributed by atoms with Crippen LogP contribution in [-0.2, 0) is 6.42 Å². The Bertz CT molecular complexity index is 468. The summed E-state index contributed by atoms with van der Waals surface area (Å²) in [5, 5.41) is 0. The summed E-state index contributed by atoms with van der Waals surface area (Å²) in [6.45, 7) is 2.12. The van der Waals surface area contributed by atoms with Crippen LogP contribution in [0.4, 0.5) is 0 Å². The third-order valence-corrected chi connectivity index (χ3v) is 2.93. The lowest BCUT2D eigenvalue weighted by atomic mass is 9.95. The summed E-state index contributed by atoms with van der Waals surface area (Å²) >= 11 is 0. The minimum Gasteiger partial charge on any atom is -0.271 e. The first-order valence-corrected chi connectivity index (χ1v) is 5.80. The Kier molecular flexibility index (Phi) is 3.85. The first-order chi connectivity index (χ1) is 8.36. The number of nitrogens with two attached hydrogens (primary N) is 1. The fourth-order valence-electron chi connectivity index (χ4n) is 2.03. The number of hydrazine groups is 1. The second-order valence-electron chi connectivity index (χ2n) is 3.94. The van der Waals surface area contributed by atoms with E-state index in [4.69, 9.17) is 5.84 Å². The Morgan fingerprint density at radius 2 is 2.00 bits per heavy atom. The van der Waals surface area contributed by atoms with Gasteiger partial charge < -0.3 is 0 Å². The molecule has 2 aromatic rings. The van der Waals surface area contributed by atoms with Crippen LogP contribution in [0, 0.1) is 0 Å². The molecule has 1 unspecified atom stereocenters. The Balaban J connectivity index is 2.42. The third-order valence-electron chi connectivity index (χ3n) is 2.93. The molecule has 0 bridgehead atoms. The van der Waals surface area contributed by atoms with Gasteiger partial charge in [-0.15, -0.1) is 0 Å². The molecule has 0 aliphatic carbocycles. The molecule has 3 nitrogen and oxygen atoms in total. The van der Waals surface area contributed by atoms with Gasteiger partial charge >= 0.3 is 0 Å². The molecule has 0 spiro atoms. The van der Waals surface area contributed by atoms with Crippen LogP contribution in [0.1, 0.15) is 29.7 Å². The van der Waals surface area contributed by atoms with E-state index in [0.717, 1.165) is 12.0 Å². The second-order valence-corrected chi connectivity index (χ2v) is 3.94. The predicted octanol–water partition coefficient (Wildman–Crippen LogP) is 2.20. The molecule has 17 heavy (non-hydrogen) atoms. The van der Waals surface area contributed by atoms with Gasteiger partial charge in [-0.3, -0.25) is 10.8 Å². The van der Waals surface area contributed by atoms with Crippen molar-refractivity contribution < 1.29 is 0 Å². The van der Waals surface area contributed by atoms with E-state index in [1.807, 2.05) is 36.7 Å². The van der Waals surface area contributed by atoms with Crippen molar-refractivity contribution in [2.75, 3.05) is 0 Å². The zero-order chi connectivity index (χ0) is 12.1. The maximum absolute atomic E-state index is 5.69. The van der Waals surface area contributed by atoms with Crippen LogP contribution in [0.25, 0.3) is 0 Å². The Morgan fingerprint density at radius 3 is 2.65 bits per heavy atom. The van der Waals surface area contributed by atoms with Gasteiger partial charge in [-0.1, -0.05) is 37.3 Å². The Hall–Kier alpha value is -1.71. The van der Waals surface area contributed by atoms with E-state index < -0.39 is 0 Å².